The van der Waals surface area contributed by atoms with E-state index in [-0.39, 0.29) is 29.8 Å². The predicted octanol–water partition coefficient (Wildman–Crippen LogP) is 2.82. The molecular weight excluding hydrogens is 248 g/mol. The van der Waals surface area contributed by atoms with Crippen LogP contribution in [0.4, 0.5) is 0 Å². The van der Waals surface area contributed by atoms with Crippen molar-refractivity contribution in [3.05, 3.63) is 0 Å². The Labute approximate surface area is 118 Å². The number of nitrogens with two attached hydrogens (primary N) is 1. The maximum absolute atomic E-state index is 12.3. The first kappa shape index (κ1) is 17.7. The van der Waals surface area contributed by atoms with Gasteiger partial charge in [-0.2, -0.15) is 0 Å². The van der Waals surface area contributed by atoms with Crippen LogP contribution in [-0.4, -0.2) is 29.9 Å². The lowest BCUT2D eigenvalue weighted by atomic mass is 9.85. The van der Waals surface area contributed by atoms with Crippen molar-refractivity contribution in [2.24, 2.45) is 16.6 Å². The molecule has 1 fully saturated rings. The highest BCUT2D eigenvalue weighted by atomic mass is 35.5. The van der Waals surface area contributed by atoms with E-state index in [0.29, 0.717) is 5.41 Å². The van der Waals surface area contributed by atoms with Gasteiger partial charge in [-0.3, -0.25) is 4.79 Å². The Balaban J connectivity index is 0.00000289. The molecule has 0 bridgehead atoms. The Bertz CT molecular complexity index is 284. The molecule has 1 atom stereocenters. The van der Waals surface area contributed by atoms with Crippen molar-refractivity contribution in [2.75, 3.05) is 13.1 Å². The van der Waals surface area contributed by atoms with Crippen LogP contribution in [0.2, 0.25) is 0 Å². The highest BCUT2D eigenvalue weighted by Crippen LogP contribution is 2.30. The summed E-state index contributed by atoms with van der Waals surface area (Å²) in [5.41, 5.74) is 6.26. The molecular formula is C14H29ClN2O. The predicted molar refractivity (Wildman–Crippen MR) is 78.9 cm³/mol. The second kappa shape index (κ2) is 6.25. The van der Waals surface area contributed by atoms with Crippen molar-refractivity contribution in [1.29, 1.82) is 0 Å². The fraction of sp³-hybridized carbons (Fsp3) is 0.929. The van der Waals surface area contributed by atoms with Crippen LogP contribution in [0.1, 0.15) is 53.9 Å². The Morgan fingerprint density at radius 1 is 1.22 bits per heavy atom. The number of carbonyl (C=O) groups excluding carboxylic acids is 1. The van der Waals surface area contributed by atoms with E-state index < -0.39 is 0 Å². The zero-order valence-electron chi connectivity index (χ0n) is 12.5. The van der Waals surface area contributed by atoms with E-state index in [1.165, 1.54) is 6.42 Å². The Kier molecular flexibility index (Phi) is 6.15. The van der Waals surface area contributed by atoms with Gasteiger partial charge in [0.05, 0.1) is 6.04 Å². The van der Waals surface area contributed by atoms with Crippen molar-refractivity contribution >= 4 is 18.3 Å². The highest BCUT2D eigenvalue weighted by molar-refractivity contribution is 5.85. The van der Waals surface area contributed by atoms with Gasteiger partial charge in [0.25, 0.3) is 0 Å². The number of rotatable bonds is 1. The minimum absolute atomic E-state index is 0. The lowest BCUT2D eigenvalue weighted by molar-refractivity contribution is -0.134. The van der Waals surface area contributed by atoms with E-state index in [2.05, 4.69) is 13.8 Å². The first-order chi connectivity index (χ1) is 7.63. The molecule has 2 N–H and O–H groups in total. The number of carbonyl (C=O) groups is 1. The summed E-state index contributed by atoms with van der Waals surface area (Å²) in [6, 6.07) is -0.385. The standard InChI is InChI=1S/C14H28N2O.ClH/c1-13(2,3)11(15)12(17)16-9-6-7-14(4,5)8-10-16;/h11H,6-10,15H2,1-5H3;1H/t11-;/m1./s1. The van der Waals surface area contributed by atoms with Crippen molar-refractivity contribution in [3.8, 4) is 0 Å². The van der Waals surface area contributed by atoms with Gasteiger partial charge in [0.15, 0.2) is 0 Å². The molecule has 3 nitrogen and oxygen atoms in total. The monoisotopic (exact) mass is 276 g/mol. The molecule has 0 radical (unpaired) electrons. The molecule has 1 aliphatic heterocycles. The van der Waals surface area contributed by atoms with Crippen molar-refractivity contribution in [1.82, 2.24) is 4.90 Å². The molecule has 4 heteroatoms. The van der Waals surface area contributed by atoms with Gasteiger partial charge in [-0.25, -0.2) is 0 Å². The molecule has 0 saturated carbocycles. The quantitative estimate of drug-likeness (QED) is 0.800. The molecule has 1 aliphatic rings. The number of likely N-dealkylation sites (tertiary alicyclic amines) is 1. The van der Waals surface area contributed by atoms with E-state index in [1.54, 1.807) is 0 Å². The van der Waals surface area contributed by atoms with Crippen LogP contribution in [0, 0.1) is 10.8 Å². The summed E-state index contributed by atoms with van der Waals surface area (Å²) >= 11 is 0. The third-order valence-corrected chi connectivity index (χ3v) is 3.85. The summed E-state index contributed by atoms with van der Waals surface area (Å²) < 4.78 is 0. The van der Waals surface area contributed by atoms with Crippen LogP contribution in [0.3, 0.4) is 0 Å². The third kappa shape index (κ3) is 4.77. The van der Waals surface area contributed by atoms with Crippen LogP contribution < -0.4 is 5.73 Å². The maximum Gasteiger partial charge on any atom is 0.240 e. The fourth-order valence-corrected chi connectivity index (χ4v) is 2.21. The smallest absolute Gasteiger partial charge is 0.240 e. The van der Waals surface area contributed by atoms with Crippen molar-refractivity contribution in [2.45, 2.75) is 59.9 Å². The van der Waals surface area contributed by atoms with Gasteiger partial charge in [-0.15, -0.1) is 12.4 Å². The summed E-state index contributed by atoms with van der Waals surface area (Å²) in [5.74, 6) is 0.121. The van der Waals surface area contributed by atoms with E-state index >= 15 is 0 Å². The molecule has 0 aromatic heterocycles. The normalized spacial score (nSPS) is 21.8. The zero-order chi connectivity index (χ0) is 13.3. The van der Waals surface area contributed by atoms with Gasteiger partial charge in [0.2, 0.25) is 5.91 Å². The molecule has 1 amide bonds. The Morgan fingerprint density at radius 3 is 2.28 bits per heavy atom. The van der Waals surface area contributed by atoms with Gasteiger partial charge in [-0.1, -0.05) is 34.6 Å². The van der Waals surface area contributed by atoms with Gasteiger partial charge in [0.1, 0.15) is 0 Å². The van der Waals surface area contributed by atoms with Gasteiger partial charge < -0.3 is 10.6 Å². The molecule has 1 saturated heterocycles. The average molecular weight is 277 g/mol. The first-order valence-electron chi connectivity index (χ1n) is 6.68. The van der Waals surface area contributed by atoms with Crippen molar-refractivity contribution < 1.29 is 4.79 Å². The molecule has 1 rings (SSSR count). The molecule has 108 valence electrons. The zero-order valence-corrected chi connectivity index (χ0v) is 13.3. The summed E-state index contributed by atoms with van der Waals surface area (Å²) in [6.45, 7) is 12.4. The number of hydrogen-bond acceptors (Lipinski definition) is 2. The molecule has 1 heterocycles. The van der Waals surface area contributed by atoms with Crippen LogP contribution in [-0.2, 0) is 4.79 Å². The molecule has 0 unspecified atom stereocenters. The maximum atomic E-state index is 12.3. The minimum Gasteiger partial charge on any atom is -0.341 e. The van der Waals surface area contributed by atoms with Gasteiger partial charge in [0, 0.05) is 13.1 Å². The largest absolute Gasteiger partial charge is 0.341 e. The number of nitrogens with zero attached hydrogens (tertiary/aromatic N) is 1. The SMILES string of the molecule is CC1(C)CCCN(C(=O)[C@@H](N)C(C)(C)C)CC1.Cl. The van der Waals surface area contributed by atoms with E-state index in [9.17, 15) is 4.79 Å². The summed E-state index contributed by atoms with van der Waals surface area (Å²) in [4.78, 5) is 14.3. The fourth-order valence-electron chi connectivity index (χ4n) is 2.21. The van der Waals surface area contributed by atoms with Crippen LogP contribution in [0.25, 0.3) is 0 Å². The summed E-state index contributed by atoms with van der Waals surface area (Å²) in [5, 5.41) is 0. The minimum atomic E-state index is -0.385. The number of hydrogen-bond donors (Lipinski definition) is 1. The third-order valence-electron chi connectivity index (χ3n) is 3.85. The second-order valence-corrected chi connectivity index (χ2v) is 7.19. The average Bonchev–Trinajstić information content (AvgIpc) is 2.36. The number of halogens is 1. The number of amides is 1. The highest BCUT2D eigenvalue weighted by Gasteiger charge is 2.33. The topological polar surface area (TPSA) is 46.3 Å². The van der Waals surface area contributed by atoms with Crippen LogP contribution >= 0.6 is 12.4 Å². The van der Waals surface area contributed by atoms with E-state index in [0.717, 1.165) is 25.9 Å². The lowest BCUT2D eigenvalue weighted by Gasteiger charge is -2.31. The Hall–Kier alpha value is -0.280. The van der Waals surface area contributed by atoms with Gasteiger partial charge in [-0.05, 0) is 30.1 Å². The van der Waals surface area contributed by atoms with Crippen molar-refractivity contribution in [3.63, 3.8) is 0 Å². The molecule has 0 aromatic rings. The van der Waals surface area contributed by atoms with E-state index in [4.69, 9.17) is 5.73 Å². The summed E-state index contributed by atoms with van der Waals surface area (Å²) in [6.07, 6.45) is 3.37. The second-order valence-electron chi connectivity index (χ2n) is 7.19. The molecule has 0 aliphatic carbocycles. The van der Waals surface area contributed by atoms with Gasteiger partial charge >= 0.3 is 0 Å². The van der Waals surface area contributed by atoms with Crippen LogP contribution in [0.15, 0.2) is 0 Å². The molecule has 0 aromatic carbocycles. The molecule has 18 heavy (non-hydrogen) atoms. The van der Waals surface area contributed by atoms with E-state index in [1.807, 2.05) is 25.7 Å². The lowest BCUT2D eigenvalue weighted by Crippen LogP contribution is -2.50. The molecule has 0 spiro atoms. The Morgan fingerprint density at radius 2 is 1.78 bits per heavy atom. The first-order valence-corrected chi connectivity index (χ1v) is 6.68. The van der Waals surface area contributed by atoms with Crippen LogP contribution in [0.5, 0.6) is 0 Å². The summed E-state index contributed by atoms with van der Waals surface area (Å²) in [7, 11) is 0.